The Labute approximate surface area is 186 Å². The third-order valence-electron chi connectivity index (χ3n) is 5.62. The Morgan fingerprint density at radius 1 is 0.969 bits per heavy atom. The molecule has 0 unspecified atom stereocenters. The first-order valence-corrected chi connectivity index (χ1v) is 13.4. The first kappa shape index (κ1) is 22.8. The lowest BCUT2D eigenvalue weighted by Crippen LogP contribution is -2.41. The van der Waals surface area contributed by atoms with Crippen molar-refractivity contribution in [2.24, 2.45) is 0 Å². The molecule has 11 heteroatoms. The molecule has 2 aliphatic rings. The number of sulfonamides is 1. The van der Waals surface area contributed by atoms with Crippen LogP contribution in [0.15, 0.2) is 46.2 Å². The molecule has 0 aliphatic carbocycles. The van der Waals surface area contributed by atoms with Crippen molar-refractivity contribution >= 4 is 31.5 Å². The van der Waals surface area contributed by atoms with Gasteiger partial charge in [0.2, 0.25) is 10.0 Å². The molecule has 0 bridgehead atoms. The van der Waals surface area contributed by atoms with Crippen LogP contribution in [0.2, 0.25) is 0 Å². The van der Waals surface area contributed by atoms with Crippen LogP contribution in [0.3, 0.4) is 0 Å². The Hall–Kier alpha value is -2.34. The molecule has 172 valence electrons. The van der Waals surface area contributed by atoms with Crippen molar-refractivity contribution in [1.82, 2.24) is 4.31 Å². The number of benzene rings is 2. The molecule has 8 nitrogen and oxygen atoms in total. The number of aryl methyl sites for hydroxylation is 1. The van der Waals surface area contributed by atoms with Gasteiger partial charge in [0, 0.05) is 31.6 Å². The molecule has 1 fully saturated rings. The van der Waals surface area contributed by atoms with Crippen LogP contribution in [0.4, 0.5) is 10.1 Å². The highest BCUT2D eigenvalue weighted by Crippen LogP contribution is 2.31. The zero-order valence-corrected chi connectivity index (χ0v) is 19.1. The number of hydrogen-bond acceptors (Lipinski definition) is 6. The lowest BCUT2D eigenvalue weighted by molar-refractivity contribution is 0.0730. The first-order chi connectivity index (χ1) is 15.1. The fourth-order valence-corrected chi connectivity index (χ4v) is 6.03. The van der Waals surface area contributed by atoms with Gasteiger partial charge in [-0.15, -0.1) is 0 Å². The number of ether oxygens (including phenoxy) is 1. The Morgan fingerprint density at radius 3 is 2.34 bits per heavy atom. The molecule has 0 saturated carbocycles. The molecule has 0 aromatic heterocycles. The lowest BCUT2D eigenvalue weighted by Gasteiger charge is -2.30. The molecule has 2 aromatic carbocycles. The Balaban J connectivity index is 1.70. The average molecular weight is 483 g/mol. The number of fused-ring (bicyclic) bond motifs is 1. The van der Waals surface area contributed by atoms with Crippen LogP contribution < -0.4 is 4.90 Å². The van der Waals surface area contributed by atoms with E-state index in [1.807, 2.05) is 0 Å². The molecule has 0 radical (unpaired) electrons. The highest BCUT2D eigenvalue weighted by atomic mass is 32.2. The van der Waals surface area contributed by atoms with E-state index in [-0.39, 0.29) is 41.7 Å². The van der Waals surface area contributed by atoms with Crippen LogP contribution >= 0.6 is 0 Å². The van der Waals surface area contributed by atoms with Gasteiger partial charge in [-0.2, -0.15) is 4.31 Å². The maximum atomic E-state index is 14.6. The van der Waals surface area contributed by atoms with E-state index in [1.54, 1.807) is 0 Å². The van der Waals surface area contributed by atoms with E-state index in [4.69, 9.17) is 4.74 Å². The third-order valence-corrected chi connectivity index (χ3v) is 8.62. The SMILES string of the molecule is CS(=O)(=O)c1ccc2c(c1)CCCN2C(=O)c1cc(S(=O)(=O)N2CCOCC2)ccc1F. The van der Waals surface area contributed by atoms with E-state index in [1.165, 1.54) is 27.4 Å². The van der Waals surface area contributed by atoms with E-state index in [0.717, 1.165) is 24.5 Å². The molecule has 2 heterocycles. The Kier molecular flexibility index (Phi) is 6.10. The van der Waals surface area contributed by atoms with E-state index in [9.17, 15) is 26.0 Å². The fourth-order valence-electron chi connectivity index (χ4n) is 3.93. The van der Waals surface area contributed by atoms with Crippen LogP contribution in [-0.4, -0.2) is 66.2 Å². The molecule has 1 saturated heterocycles. The van der Waals surface area contributed by atoms with Crippen molar-refractivity contribution in [3.63, 3.8) is 0 Å². The number of carbonyl (C=O) groups is 1. The minimum absolute atomic E-state index is 0.148. The quantitative estimate of drug-likeness (QED) is 0.659. The number of anilines is 1. The number of morpholine rings is 1. The van der Waals surface area contributed by atoms with Gasteiger partial charge in [0.05, 0.1) is 28.6 Å². The number of rotatable bonds is 4. The number of carbonyl (C=O) groups excluding carboxylic acids is 1. The van der Waals surface area contributed by atoms with Crippen molar-refractivity contribution in [1.29, 1.82) is 0 Å². The van der Waals surface area contributed by atoms with E-state index < -0.39 is 31.6 Å². The molecule has 2 aromatic rings. The second-order valence-electron chi connectivity index (χ2n) is 7.78. The smallest absolute Gasteiger partial charge is 0.261 e. The van der Waals surface area contributed by atoms with Gasteiger partial charge in [-0.05, 0) is 54.8 Å². The fraction of sp³-hybridized carbons (Fsp3) is 0.381. The van der Waals surface area contributed by atoms with Crippen LogP contribution in [0, 0.1) is 5.82 Å². The summed E-state index contributed by atoms with van der Waals surface area (Å²) in [5, 5.41) is 0. The number of nitrogens with zero attached hydrogens (tertiary/aromatic N) is 2. The van der Waals surface area contributed by atoms with E-state index in [0.29, 0.717) is 30.6 Å². The summed E-state index contributed by atoms with van der Waals surface area (Å²) in [6.45, 7) is 1.22. The van der Waals surface area contributed by atoms with Gasteiger partial charge in [-0.25, -0.2) is 21.2 Å². The first-order valence-electron chi connectivity index (χ1n) is 10.1. The van der Waals surface area contributed by atoms with Gasteiger partial charge in [-0.1, -0.05) is 0 Å². The van der Waals surface area contributed by atoms with Crippen molar-refractivity contribution in [3.8, 4) is 0 Å². The predicted molar refractivity (Wildman–Crippen MR) is 116 cm³/mol. The Morgan fingerprint density at radius 2 is 1.66 bits per heavy atom. The van der Waals surface area contributed by atoms with Gasteiger partial charge in [0.1, 0.15) is 5.82 Å². The zero-order chi connectivity index (χ0) is 23.1. The standard InChI is InChI=1S/C21H23FN2O6S2/c1-31(26,27)16-5-7-20-15(13-16)3-2-8-24(20)21(25)18-14-17(4-6-19(18)22)32(28,29)23-9-11-30-12-10-23/h4-7,13-14H,2-3,8-12H2,1H3. The maximum Gasteiger partial charge on any atom is 0.261 e. The summed E-state index contributed by atoms with van der Waals surface area (Å²) < 4.78 is 70.7. The van der Waals surface area contributed by atoms with Crippen molar-refractivity contribution in [2.45, 2.75) is 22.6 Å². The molecule has 32 heavy (non-hydrogen) atoms. The average Bonchev–Trinajstić information content (AvgIpc) is 2.78. The van der Waals surface area contributed by atoms with Gasteiger partial charge >= 0.3 is 0 Å². The summed E-state index contributed by atoms with van der Waals surface area (Å²) in [6.07, 6.45) is 2.26. The van der Waals surface area contributed by atoms with E-state index >= 15 is 0 Å². The molecule has 2 aliphatic heterocycles. The van der Waals surface area contributed by atoms with Gasteiger partial charge in [0.25, 0.3) is 5.91 Å². The van der Waals surface area contributed by atoms with Crippen molar-refractivity contribution < 1.29 is 30.8 Å². The maximum absolute atomic E-state index is 14.6. The molecule has 4 rings (SSSR count). The van der Waals surface area contributed by atoms with Crippen molar-refractivity contribution in [2.75, 3.05) is 44.0 Å². The topological polar surface area (TPSA) is 101 Å². The molecule has 0 spiro atoms. The third kappa shape index (κ3) is 4.29. The van der Waals surface area contributed by atoms with Crippen LogP contribution in [0.25, 0.3) is 0 Å². The predicted octanol–water partition coefficient (Wildman–Crippen LogP) is 1.84. The minimum Gasteiger partial charge on any atom is -0.379 e. The van der Waals surface area contributed by atoms with Crippen LogP contribution in [0.1, 0.15) is 22.3 Å². The normalized spacial score (nSPS) is 17.8. The molecule has 1 amide bonds. The lowest BCUT2D eigenvalue weighted by atomic mass is 10.0. The summed E-state index contributed by atoms with van der Waals surface area (Å²) in [4.78, 5) is 14.6. The largest absolute Gasteiger partial charge is 0.379 e. The molecule has 0 N–H and O–H groups in total. The van der Waals surface area contributed by atoms with Gasteiger partial charge in [-0.3, -0.25) is 4.79 Å². The second-order valence-corrected chi connectivity index (χ2v) is 11.7. The summed E-state index contributed by atoms with van der Waals surface area (Å²) in [5.41, 5.74) is 0.818. The van der Waals surface area contributed by atoms with Crippen LogP contribution in [-0.2, 0) is 31.0 Å². The summed E-state index contributed by atoms with van der Waals surface area (Å²) >= 11 is 0. The molecular weight excluding hydrogens is 459 g/mol. The summed E-state index contributed by atoms with van der Waals surface area (Å²) in [6, 6.07) is 7.68. The van der Waals surface area contributed by atoms with E-state index in [2.05, 4.69) is 0 Å². The number of amides is 1. The van der Waals surface area contributed by atoms with Gasteiger partial charge < -0.3 is 9.64 Å². The minimum atomic E-state index is -3.90. The second kappa shape index (κ2) is 8.54. The number of sulfone groups is 1. The van der Waals surface area contributed by atoms with Gasteiger partial charge in [0.15, 0.2) is 9.84 Å². The molecular formula is C21H23FN2O6S2. The monoisotopic (exact) mass is 482 g/mol. The summed E-state index contributed by atoms with van der Waals surface area (Å²) in [5.74, 6) is -1.50. The number of halogens is 1. The van der Waals surface area contributed by atoms with Crippen LogP contribution in [0.5, 0.6) is 0 Å². The highest BCUT2D eigenvalue weighted by molar-refractivity contribution is 7.90. The zero-order valence-electron chi connectivity index (χ0n) is 17.5. The Bertz CT molecular complexity index is 1270. The van der Waals surface area contributed by atoms with Crippen molar-refractivity contribution in [3.05, 3.63) is 53.3 Å². The number of hydrogen-bond donors (Lipinski definition) is 0. The highest BCUT2D eigenvalue weighted by Gasteiger charge is 2.30. The molecule has 0 atom stereocenters. The summed E-state index contributed by atoms with van der Waals surface area (Å²) in [7, 11) is -7.31.